The second-order valence-corrected chi connectivity index (χ2v) is 4.36. The maximum atomic E-state index is 14.1. The number of rotatable bonds is 2. The average Bonchev–Trinajstić information content (AvgIpc) is 2.52. The van der Waals surface area contributed by atoms with Crippen LogP contribution in [0.1, 0.15) is 13.2 Å². The molecule has 1 aromatic heterocycles. The maximum Gasteiger partial charge on any atom is 0.330 e. The fourth-order valence-electron chi connectivity index (χ4n) is 1.97. The van der Waals surface area contributed by atoms with Crippen molar-refractivity contribution >= 4 is 0 Å². The van der Waals surface area contributed by atoms with Gasteiger partial charge in [0.2, 0.25) is 6.23 Å². The lowest BCUT2D eigenvalue weighted by atomic mass is 10.0. The number of hydrogen-bond acceptors (Lipinski definition) is 6. The van der Waals surface area contributed by atoms with E-state index in [1.54, 1.807) is 0 Å². The van der Waals surface area contributed by atoms with Crippen molar-refractivity contribution in [3.63, 3.8) is 0 Å². The molecule has 1 aromatic rings. The highest BCUT2D eigenvalue weighted by atomic mass is 19.2. The molecule has 106 valence electrons. The number of hydrogen-bond donors (Lipinski definition) is 4. The van der Waals surface area contributed by atoms with Crippen LogP contribution in [0.5, 0.6) is 0 Å². The molecule has 2 heterocycles. The summed E-state index contributed by atoms with van der Waals surface area (Å²) in [4.78, 5) is 25.2. The van der Waals surface area contributed by atoms with Gasteiger partial charge in [0.25, 0.3) is 11.4 Å². The number of H-pyrrole nitrogens is 1. The Kier molecular flexibility index (Phi) is 3.31. The Morgan fingerprint density at radius 1 is 1.58 bits per heavy atom. The Balaban J connectivity index is 2.52. The Morgan fingerprint density at radius 3 is 2.68 bits per heavy atom. The smallest absolute Gasteiger partial charge is 0.330 e. The zero-order chi connectivity index (χ0) is 14.4. The van der Waals surface area contributed by atoms with Crippen molar-refractivity contribution in [3.05, 3.63) is 33.1 Å². The summed E-state index contributed by atoms with van der Waals surface area (Å²) >= 11 is 0. The van der Waals surface area contributed by atoms with Crippen LogP contribution in [0.25, 0.3) is 0 Å². The number of nitrogens with zero attached hydrogens (tertiary/aromatic N) is 1. The molecule has 5 atom stereocenters. The highest BCUT2D eigenvalue weighted by molar-refractivity contribution is 4.99. The molecule has 19 heavy (non-hydrogen) atoms. The molecule has 0 radical (unpaired) electrons. The molecule has 0 bridgehead atoms. The molecule has 0 aliphatic carbocycles. The first-order valence-electron chi connectivity index (χ1n) is 5.50. The van der Waals surface area contributed by atoms with Crippen LogP contribution in [0.3, 0.4) is 0 Å². The minimum atomic E-state index is -3.38. The van der Waals surface area contributed by atoms with Crippen molar-refractivity contribution in [3.8, 4) is 0 Å². The molecule has 4 N–H and O–H groups in total. The van der Waals surface area contributed by atoms with E-state index >= 15 is 0 Å². The lowest BCUT2D eigenvalue weighted by Crippen LogP contribution is -2.48. The van der Waals surface area contributed by atoms with Gasteiger partial charge in [-0.15, -0.1) is 0 Å². The molecular weight excluding hydrogens is 263 g/mol. The Hall–Kier alpha value is -1.55. The van der Waals surface area contributed by atoms with Gasteiger partial charge in [-0.1, -0.05) is 0 Å². The van der Waals surface area contributed by atoms with E-state index in [2.05, 4.69) is 4.98 Å². The van der Waals surface area contributed by atoms with E-state index in [9.17, 15) is 29.3 Å². The molecule has 1 saturated heterocycles. The highest BCUT2D eigenvalue weighted by Crippen LogP contribution is 2.39. The second kappa shape index (κ2) is 4.53. The molecule has 0 saturated carbocycles. The predicted octanol–water partition coefficient (Wildman–Crippen LogP) is -2.17. The van der Waals surface area contributed by atoms with Crippen LogP contribution < -0.4 is 11.2 Å². The predicted molar refractivity (Wildman–Crippen MR) is 59.0 cm³/mol. The first-order valence-corrected chi connectivity index (χ1v) is 5.50. The fourth-order valence-corrected chi connectivity index (χ4v) is 1.97. The molecule has 0 aromatic carbocycles. The lowest BCUT2D eigenvalue weighted by Gasteiger charge is -2.22. The SMILES string of the molecule is CC(O)[C@@H]1OC(n2c(=O)cc[nH]c2=O)[C@@](O)(F)[C@H]1O. The molecule has 2 rings (SSSR count). The summed E-state index contributed by atoms with van der Waals surface area (Å²) in [5.41, 5.74) is -1.92. The molecule has 8 nitrogen and oxygen atoms in total. The van der Waals surface area contributed by atoms with Crippen molar-refractivity contribution in [2.75, 3.05) is 0 Å². The molecule has 0 amide bonds. The Morgan fingerprint density at radius 2 is 2.21 bits per heavy atom. The summed E-state index contributed by atoms with van der Waals surface area (Å²) in [5.74, 6) is -3.38. The summed E-state index contributed by atoms with van der Waals surface area (Å²) in [6.07, 6.45) is -5.86. The number of aromatic amines is 1. The molecule has 2 unspecified atom stereocenters. The third-order valence-electron chi connectivity index (χ3n) is 2.96. The van der Waals surface area contributed by atoms with E-state index in [0.29, 0.717) is 4.57 Å². The highest BCUT2D eigenvalue weighted by Gasteiger charge is 2.59. The van der Waals surface area contributed by atoms with Crippen LogP contribution in [0, 0.1) is 0 Å². The first kappa shape index (κ1) is 13.9. The van der Waals surface area contributed by atoms with Crippen molar-refractivity contribution < 1.29 is 24.4 Å². The molecule has 1 fully saturated rings. The minimum absolute atomic E-state index is 0.297. The van der Waals surface area contributed by atoms with Crippen molar-refractivity contribution in [1.82, 2.24) is 9.55 Å². The molecular formula is C10H13FN2O6. The molecule has 1 aliphatic heterocycles. The molecule has 9 heteroatoms. The summed E-state index contributed by atoms with van der Waals surface area (Å²) in [7, 11) is 0. The fraction of sp³-hybridized carbons (Fsp3) is 0.600. The number of aliphatic hydroxyl groups is 3. The Labute approximate surface area is 105 Å². The second-order valence-electron chi connectivity index (χ2n) is 4.36. The van der Waals surface area contributed by atoms with Crippen molar-refractivity contribution in [1.29, 1.82) is 0 Å². The van der Waals surface area contributed by atoms with Crippen molar-refractivity contribution in [2.24, 2.45) is 0 Å². The van der Waals surface area contributed by atoms with Gasteiger partial charge in [0.15, 0.2) is 0 Å². The van der Waals surface area contributed by atoms with Gasteiger partial charge in [0, 0.05) is 12.3 Å². The third kappa shape index (κ3) is 2.10. The van der Waals surface area contributed by atoms with Gasteiger partial charge >= 0.3 is 5.69 Å². The summed E-state index contributed by atoms with van der Waals surface area (Å²) in [6.45, 7) is 1.21. The number of alkyl halides is 1. The van der Waals surface area contributed by atoms with Gasteiger partial charge < -0.3 is 25.0 Å². The summed E-state index contributed by atoms with van der Waals surface area (Å²) in [5, 5.41) is 28.5. The summed E-state index contributed by atoms with van der Waals surface area (Å²) < 4.78 is 19.3. The van der Waals surface area contributed by atoms with Gasteiger partial charge in [-0.3, -0.25) is 4.79 Å². The van der Waals surface area contributed by atoms with E-state index in [4.69, 9.17) is 4.74 Å². The van der Waals surface area contributed by atoms with Gasteiger partial charge in [-0.25, -0.2) is 13.8 Å². The van der Waals surface area contributed by atoms with Crippen LogP contribution in [0.15, 0.2) is 21.9 Å². The lowest BCUT2D eigenvalue weighted by molar-refractivity contribution is -0.197. The number of halogens is 1. The van der Waals surface area contributed by atoms with E-state index in [1.807, 2.05) is 0 Å². The Bertz CT molecular complexity index is 552. The quantitative estimate of drug-likeness (QED) is 0.487. The normalized spacial score (nSPS) is 36.4. The van der Waals surface area contributed by atoms with Crippen molar-refractivity contribution in [2.45, 2.75) is 37.3 Å². The van der Waals surface area contributed by atoms with E-state index in [-0.39, 0.29) is 0 Å². The van der Waals surface area contributed by atoms with Crippen LogP contribution in [0.2, 0.25) is 0 Å². The molecule has 1 aliphatic rings. The minimum Gasteiger partial charge on any atom is -0.391 e. The number of ether oxygens (including phenoxy) is 1. The monoisotopic (exact) mass is 276 g/mol. The number of aliphatic hydroxyl groups excluding tert-OH is 2. The van der Waals surface area contributed by atoms with Gasteiger partial charge in [0.1, 0.15) is 12.2 Å². The van der Waals surface area contributed by atoms with Crippen LogP contribution in [-0.2, 0) is 4.74 Å². The number of nitrogens with one attached hydrogen (secondary N) is 1. The van der Waals surface area contributed by atoms with E-state index in [0.717, 1.165) is 12.3 Å². The zero-order valence-corrected chi connectivity index (χ0v) is 9.86. The first-order chi connectivity index (χ1) is 8.76. The van der Waals surface area contributed by atoms with Gasteiger partial charge in [-0.05, 0) is 6.92 Å². The summed E-state index contributed by atoms with van der Waals surface area (Å²) in [6, 6.07) is 0.933. The average molecular weight is 276 g/mol. The zero-order valence-electron chi connectivity index (χ0n) is 9.86. The number of aromatic nitrogens is 2. The van der Waals surface area contributed by atoms with Crippen LogP contribution in [-0.4, -0.2) is 49.0 Å². The van der Waals surface area contributed by atoms with Crippen LogP contribution >= 0.6 is 0 Å². The van der Waals surface area contributed by atoms with E-state index in [1.165, 1.54) is 6.92 Å². The van der Waals surface area contributed by atoms with Gasteiger partial charge in [-0.2, -0.15) is 0 Å². The third-order valence-corrected chi connectivity index (χ3v) is 2.96. The largest absolute Gasteiger partial charge is 0.391 e. The van der Waals surface area contributed by atoms with E-state index < -0.39 is 41.6 Å². The maximum absolute atomic E-state index is 14.1. The van der Waals surface area contributed by atoms with Gasteiger partial charge in [0.05, 0.1) is 6.10 Å². The standard InChI is InChI=1S/C10H13FN2O6/c1-4(14)6-7(16)10(11,18)8(19-6)13-5(15)2-3-12-9(13)17/h2-4,6-8,14,16,18H,1H3,(H,12,17)/t4?,6-,7-,8?,10+/m0/s1. The van der Waals surface area contributed by atoms with Crippen LogP contribution in [0.4, 0.5) is 4.39 Å². The molecule has 0 spiro atoms. The topological polar surface area (TPSA) is 125 Å².